The molecule has 3 rings (SSSR count). The monoisotopic (exact) mass is 409 g/mol. The molecular formula is C17H18ClN4O4S+. The van der Waals surface area contributed by atoms with Crippen molar-refractivity contribution in [2.45, 2.75) is 19.0 Å². The lowest BCUT2D eigenvalue weighted by molar-refractivity contribution is -0.900. The molecule has 0 spiro atoms. The summed E-state index contributed by atoms with van der Waals surface area (Å²) in [5.41, 5.74) is -0.829. The molecule has 3 amide bonds. The van der Waals surface area contributed by atoms with Crippen molar-refractivity contribution in [3.63, 3.8) is 0 Å². The van der Waals surface area contributed by atoms with Gasteiger partial charge in [-0.25, -0.2) is 9.69 Å². The van der Waals surface area contributed by atoms with Gasteiger partial charge in [0.05, 0.1) is 21.2 Å². The van der Waals surface area contributed by atoms with Crippen LogP contribution in [0.4, 0.5) is 10.5 Å². The van der Waals surface area contributed by atoms with Gasteiger partial charge >= 0.3 is 6.03 Å². The molecule has 2 N–H and O–H groups in total. The molecule has 8 nitrogen and oxygen atoms in total. The van der Waals surface area contributed by atoms with Crippen LogP contribution in [0.5, 0.6) is 0 Å². The molecule has 0 saturated carbocycles. The van der Waals surface area contributed by atoms with E-state index in [9.17, 15) is 19.7 Å². The number of quaternary nitrogens is 1. The lowest BCUT2D eigenvalue weighted by Crippen LogP contribution is -3.09. The number of nitro benzene ring substituents is 1. The van der Waals surface area contributed by atoms with E-state index >= 15 is 0 Å². The van der Waals surface area contributed by atoms with Crippen molar-refractivity contribution in [1.82, 2.24) is 10.2 Å². The van der Waals surface area contributed by atoms with Crippen LogP contribution in [0.15, 0.2) is 36.4 Å². The Morgan fingerprint density at radius 3 is 2.48 bits per heavy atom. The summed E-state index contributed by atoms with van der Waals surface area (Å²) in [5, 5.41) is 13.5. The minimum Gasteiger partial charge on any atom is -0.319 e. The van der Waals surface area contributed by atoms with E-state index in [0.717, 1.165) is 9.78 Å². The zero-order valence-corrected chi connectivity index (χ0v) is 16.3. The average Bonchev–Trinajstić information content (AvgIpc) is 3.11. The molecule has 1 aliphatic heterocycles. The molecule has 2 atom stereocenters. The van der Waals surface area contributed by atoms with Gasteiger partial charge in [-0.05, 0) is 36.8 Å². The molecule has 10 heteroatoms. The van der Waals surface area contributed by atoms with E-state index in [2.05, 4.69) is 5.32 Å². The first kappa shape index (κ1) is 19.3. The lowest BCUT2D eigenvalue weighted by Gasteiger charge is -2.23. The predicted octanol–water partition coefficient (Wildman–Crippen LogP) is 1.75. The van der Waals surface area contributed by atoms with Crippen molar-refractivity contribution in [1.29, 1.82) is 0 Å². The summed E-state index contributed by atoms with van der Waals surface area (Å²) in [6, 6.07) is 8.87. The van der Waals surface area contributed by atoms with Gasteiger partial charge in [0.1, 0.15) is 12.1 Å². The molecule has 1 aliphatic rings. The lowest BCUT2D eigenvalue weighted by atomic mass is 9.92. The van der Waals surface area contributed by atoms with E-state index in [4.69, 9.17) is 11.6 Å². The van der Waals surface area contributed by atoms with E-state index < -0.39 is 16.5 Å². The summed E-state index contributed by atoms with van der Waals surface area (Å²) >= 11 is 7.40. The van der Waals surface area contributed by atoms with Gasteiger partial charge in [0.15, 0.2) is 6.67 Å². The zero-order chi connectivity index (χ0) is 19.8. The van der Waals surface area contributed by atoms with E-state index in [1.54, 1.807) is 6.92 Å². The van der Waals surface area contributed by atoms with Gasteiger partial charge < -0.3 is 10.2 Å². The minimum absolute atomic E-state index is 0.0743. The quantitative estimate of drug-likeness (QED) is 0.431. The molecule has 1 aromatic heterocycles. The van der Waals surface area contributed by atoms with Gasteiger partial charge in [-0.2, -0.15) is 0 Å². The number of hydrogen-bond acceptors (Lipinski definition) is 5. The molecule has 2 aromatic rings. The van der Waals surface area contributed by atoms with Crippen molar-refractivity contribution >= 4 is 40.6 Å². The average molecular weight is 410 g/mol. The fourth-order valence-electron chi connectivity index (χ4n) is 3.02. The number of hydrogen-bond donors (Lipinski definition) is 2. The van der Waals surface area contributed by atoms with Crippen LogP contribution < -0.4 is 10.2 Å². The van der Waals surface area contributed by atoms with Gasteiger partial charge in [0.25, 0.3) is 11.6 Å². The molecule has 142 valence electrons. The molecule has 0 aliphatic carbocycles. The Morgan fingerprint density at radius 2 is 1.93 bits per heavy atom. The first-order valence-corrected chi connectivity index (χ1v) is 9.34. The fraction of sp³-hybridized carbons (Fsp3) is 0.294. The third-order valence-corrected chi connectivity index (χ3v) is 5.69. The maximum absolute atomic E-state index is 12.9. The zero-order valence-electron chi connectivity index (χ0n) is 14.7. The number of nitrogens with zero attached hydrogens (tertiary/aromatic N) is 2. The topological polar surface area (TPSA) is 97.0 Å². The number of benzene rings is 1. The van der Waals surface area contributed by atoms with Crippen molar-refractivity contribution in [3.8, 4) is 0 Å². The normalized spacial score (nSPS) is 20.6. The number of amides is 3. The number of halogens is 1. The van der Waals surface area contributed by atoms with Crippen molar-refractivity contribution in [2.24, 2.45) is 0 Å². The van der Waals surface area contributed by atoms with E-state index in [-0.39, 0.29) is 18.3 Å². The number of non-ortho nitro benzene ring substituents is 1. The second kappa shape index (κ2) is 7.26. The third-order valence-electron chi connectivity index (χ3n) is 4.46. The standard InChI is InChI=1S/C17H17ClN4O4S/c1-17(11-3-5-12(6-4-11)22(25)26)15(23)21(16(24)19-17)10-20(2)9-13-7-8-14(18)27-13/h3-8H,9-10H2,1-2H3,(H,19,24)/p+1/t17-/m1/s1. The molecule has 1 saturated heterocycles. The third kappa shape index (κ3) is 3.80. The number of imide groups is 1. The van der Waals surface area contributed by atoms with Crippen molar-refractivity contribution in [3.05, 3.63) is 61.3 Å². The van der Waals surface area contributed by atoms with Gasteiger partial charge in [-0.3, -0.25) is 14.9 Å². The minimum atomic E-state index is -1.25. The van der Waals surface area contributed by atoms with E-state index in [1.165, 1.54) is 40.5 Å². The van der Waals surface area contributed by atoms with Crippen LogP contribution in [0.25, 0.3) is 0 Å². The summed E-state index contributed by atoms with van der Waals surface area (Å²) in [6.07, 6.45) is 0. The SMILES string of the molecule is C[NH+](Cc1ccc(Cl)s1)CN1C(=O)N[C@](C)(c2ccc([N+](=O)[O-])cc2)C1=O. The molecule has 1 fully saturated rings. The summed E-state index contributed by atoms with van der Waals surface area (Å²) < 4.78 is 0.693. The second-order valence-electron chi connectivity index (χ2n) is 6.59. The van der Waals surface area contributed by atoms with E-state index in [0.29, 0.717) is 16.4 Å². The van der Waals surface area contributed by atoms with Gasteiger partial charge in [-0.1, -0.05) is 11.6 Å². The Bertz CT molecular complexity index is 901. The van der Waals surface area contributed by atoms with Crippen LogP contribution in [-0.2, 0) is 16.9 Å². The van der Waals surface area contributed by atoms with Crippen LogP contribution in [0.2, 0.25) is 4.34 Å². The number of nitro groups is 1. The van der Waals surface area contributed by atoms with Crippen LogP contribution in [0.3, 0.4) is 0 Å². The van der Waals surface area contributed by atoms with Gasteiger partial charge in [0.2, 0.25) is 0 Å². The molecule has 2 heterocycles. The summed E-state index contributed by atoms with van der Waals surface area (Å²) in [6.45, 7) is 2.42. The Kier molecular flexibility index (Phi) is 5.18. The van der Waals surface area contributed by atoms with E-state index in [1.807, 2.05) is 19.2 Å². The number of carbonyl (C=O) groups is 2. The van der Waals surface area contributed by atoms with Gasteiger partial charge in [0, 0.05) is 12.1 Å². The van der Waals surface area contributed by atoms with Crippen LogP contribution in [-0.4, -0.2) is 35.5 Å². The van der Waals surface area contributed by atoms with Gasteiger partial charge in [-0.15, -0.1) is 11.3 Å². The molecule has 1 aromatic carbocycles. The molecule has 27 heavy (non-hydrogen) atoms. The smallest absolute Gasteiger partial charge is 0.319 e. The Labute approximate surface area is 164 Å². The Morgan fingerprint density at radius 1 is 1.26 bits per heavy atom. The van der Waals surface area contributed by atoms with Crippen LogP contribution >= 0.6 is 22.9 Å². The Hall–Kier alpha value is -2.49. The van der Waals surface area contributed by atoms with Crippen LogP contribution in [0.1, 0.15) is 17.4 Å². The molecular weight excluding hydrogens is 392 g/mol. The molecule has 0 bridgehead atoms. The maximum Gasteiger partial charge on any atom is 0.329 e. The summed E-state index contributed by atoms with van der Waals surface area (Å²) in [4.78, 5) is 38.8. The number of nitrogens with one attached hydrogen (secondary N) is 2. The highest BCUT2D eigenvalue weighted by molar-refractivity contribution is 7.16. The number of rotatable bonds is 6. The maximum atomic E-state index is 12.9. The molecule has 0 radical (unpaired) electrons. The summed E-state index contributed by atoms with van der Waals surface area (Å²) in [7, 11) is 1.88. The molecule has 1 unspecified atom stereocenters. The van der Waals surface area contributed by atoms with Crippen LogP contribution in [0, 0.1) is 10.1 Å². The highest BCUT2D eigenvalue weighted by atomic mass is 35.5. The number of thiophene rings is 1. The largest absolute Gasteiger partial charge is 0.329 e. The highest BCUT2D eigenvalue weighted by Crippen LogP contribution is 2.29. The van der Waals surface area contributed by atoms with Crippen molar-refractivity contribution in [2.75, 3.05) is 13.7 Å². The Balaban J connectivity index is 1.74. The van der Waals surface area contributed by atoms with Crippen molar-refractivity contribution < 1.29 is 19.4 Å². The second-order valence-corrected chi connectivity index (χ2v) is 8.39. The predicted molar refractivity (Wildman–Crippen MR) is 101 cm³/mol. The first-order chi connectivity index (χ1) is 12.7. The number of urea groups is 1. The highest BCUT2D eigenvalue weighted by Gasteiger charge is 2.50. The summed E-state index contributed by atoms with van der Waals surface area (Å²) in [5.74, 6) is -0.384. The first-order valence-electron chi connectivity index (χ1n) is 8.15. The number of carbonyl (C=O) groups excluding carboxylic acids is 2. The fourth-order valence-corrected chi connectivity index (χ4v) is 4.22.